The first kappa shape index (κ1) is 21.6. The van der Waals surface area contributed by atoms with Gasteiger partial charge in [-0.2, -0.15) is 0 Å². The van der Waals surface area contributed by atoms with Gasteiger partial charge in [0.25, 0.3) is 6.43 Å². The molecule has 32 heavy (non-hydrogen) atoms. The number of alkyl halides is 3. The summed E-state index contributed by atoms with van der Waals surface area (Å²) in [6, 6.07) is 1.55. The van der Waals surface area contributed by atoms with Crippen molar-refractivity contribution in [2.75, 3.05) is 37.8 Å². The van der Waals surface area contributed by atoms with Crippen LogP contribution in [0.1, 0.15) is 24.3 Å². The average molecular weight is 488 g/mol. The molecule has 172 valence electrons. The fourth-order valence-corrected chi connectivity index (χ4v) is 5.84. The van der Waals surface area contributed by atoms with Crippen LogP contribution in [-0.4, -0.2) is 66.4 Å². The van der Waals surface area contributed by atoms with Crippen LogP contribution in [0.25, 0.3) is 16.3 Å². The van der Waals surface area contributed by atoms with Gasteiger partial charge in [-0.1, -0.05) is 11.3 Å². The normalized spacial score (nSPS) is 18.6. The first-order valence-corrected chi connectivity index (χ1v) is 12.3. The van der Waals surface area contributed by atoms with Crippen molar-refractivity contribution in [1.29, 1.82) is 0 Å². The topological polar surface area (TPSA) is 105 Å². The fourth-order valence-electron chi connectivity index (χ4n) is 3.69. The van der Waals surface area contributed by atoms with E-state index in [1.165, 1.54) is 10.6 Å². The highest BCUT2D eigenvalue weighted by molar-refractivity contribution is 7.89. The van der Waals surface area contributed by atoms with E-state index in [4.69, 9.17) is 0 Å². The van der Waals surface area contributed by atoms with Gasteiger partial charge in [0.15, 0.2) is 15.8 Å². The van der Waals surface area contributed by atoms with E-state index < -0.39 is 33.7 Å². The Kier molecular flexibility index (Phi) is 5.34. The molecular formula is C18H20F3N7O2S2. The van der Waals surface area contributed by atoms with Crippen LogP contribution in [0, 0.1) is 0 Å². The highest BCUT2D eigenvalue weighted by atomic mass is 32.2. The van der Waals surface area contributed by atoms with Gasteiger partial charge in [0.2, 0.25) is 10.0 Å². The van der Waals surface area contributed by atoms with Crippen LogP contribution in [0.2, 0.25) is 0 Å². The Morgan fingerprint density at radius 3 is 2.62 bits per heavy atom. The lowest BCUT2D eigenvalue weighted by atomic mass is 10.2. The number of fused-ring (bicyclic) bond motifs is 1. The van der Waals surface area contributed by atoms with Crippen LogP contribution in [0.15, 0.2) is 23.4 Å². The summed E-state index contributed by atoms with van der Waals surface area (Å²) in [5, 5.41) is 10.3. The molecule has 0 unspecified atom stereocenters. The summed E-state index contributed by atoms with van der Waals surface area (Å²) in [6.07, 6.45) is 1.03. The van der Waals surface area contributed by atoms with Crippen molar-refractivity contribution >= 4 is 32.6 Å². The summed E-state index contributed by atoms with van der Waals surface area (Å²) in [7, 11) is -4.04. The lowest BCUT2D eigenvalue weighted by Gasteiger charge is -2.30. The van der Waals surface area contributed by atoms with E-state index in [2.05, 4.69) is 25.2 Å². The molecule has 0 bridgehead atoms. The van der Waals surface area contributed by atoms with E-state index in [1.807, 2.05) is 4.90 Å². The maximum absolute atomic E-state index is 13.4. The smallest absolute Gasteiger partial charge is 0.291 e. The van der Waals surface area contributed by atoms with Crippen LogP contribution < -0.4 is 14.9 Å². The quantitative estimate of drug-likeness (QED) is 0.525. The summed E-state index contributed by atoms with van der Waals surface area (Å²) >= 11 is 0.698. The summed E-state index contributed by atoms with van der Waals surface area (Å²) < 4.78 is 69.6. The monoisotopic (exact) mass is 487 g/mol. The van der Waals surface area contributed by atoms with E-state index in [0.717, 1.165) is 13.1 Å². The molecule has 5 rings (SSSR count). The molecule has 0 aromatic carbocycles. The van der Waals surface area contributed by atoms with Crippen LogP contribution in [0.5, 0.6) is 0 Å². The summed E-state index contributed by atoms with van der Waals surface area (Å²) in [5.74, 6) is 0.212. The molecule has 2 aliphatic rings. The third kappa shape index (κ3) is 3.84. The van der Waals surface area contributed by atoms with Crippen LogP contribution in [0.4, 0.5) is 18.9 Å². The molecule has 1 aliphatic carbocycles. The largest absolute Gasteiger partial charge is 0.367 e. The fraction of sp³-hybridized carbons (Fsp3) is 0.500. The Morgan fingerprint density at radius 1 is 1.25 bits per heavy atom. The summed E-state index contributed by atoms with van der Waals surface area (Å²) in [4.78, 5) is 6.30. The summed E-state index contributed by atoms with van der Waals surface area (Å²) in [5.41, 5.74) is 0.199. The molecule has 0 amide bonds. The lowest BCUT2D eigenvalue weighted by molar-refractivity contribution is 0.150. The number of sulfonamides is 1. The molecule has 0 atom stereocenters. The number of nitrogens with one attached hydrogen (secondary N) is 2. The van der Waals surface area contributed by atoms with E-state index in [9.17, 15) is 21.6 Å². The number of imidazole rings is 1. The molecular weight excluding hydrogens is 467 g/mol. The molecule has 1 aliphatic heterocycles. The van der Waals surface area contributed by atoms with E-state index in [0.29, 0.717) is 48.5 Å². The Labute approximate surface area is 185 Å². The number of rotatable bonds is 7. The highest BCUT2D eigenvalue weighted by Crippen LogP contribution is 2.38. The molecule has 1 saturated carbocycles. The number of piperazine rings is 1. The average Bonchev–Trinajstić information content (AvgIpc) is 3.18. The Balaban J connectivity index is 1.65. The van der Waals surface area contributed by atoms with Gasteiger partial charge in [-0.3, -0.25) is 4.40 Å². The van der Waals surface area contributed by atoms with Gasteiger partial charge >= 0.3 is 0 Å². The Morgan fingerprint density at radius 2 is 2.00 bits per heavy atom. The predicted molar refractivity (Wildman–Crippen MR) is 112 cm³/mol. The number of halogens is 3. The number of nitrogens with zero attached hydrogens (tertiary/aromatic N) is 5. The van der Waals surface area contributed by atoms with Gasteiger partial charge in [0, 0.05) is 32.4 Å². The molecule has 14 heteroatoms. The predicted octanol–water partition coefficient (Wildman–Crippen LogP) is 1.98. The minimum atomic E-state index is -4.04. The Bertz CT molecular complexity index is 1250. The van der Waals surface area contributed by atoms with Gasteiger partial charge in [0.05, 0.1) is 22.9 Å². The molecule has 3 aromatic heterocycles. The zero-order chi connectivity index (χ0) is 22.5. The van der Waals surface area contributed by atoms with Crippen molar-refractivity contribution < 1.29 is 21.6 Å². The van der Waals surface area contributed by atoms with Crippen LogP contribution in [0.3, 0.4) is 0 Å². The first-order chi connectivity index (χ1) is 15.3. The maximum Gasteiger partial charge on any atom is 0.291 e. The molecule has 2 N–H and O–H groups in total. The lowest BCUT2D eigenvalue weighted by Crippen LogP contribution is -2.44. The first-order valence-electron chi connectivity index (χ1n) is 10.0. The number of pyridine rings is 1. The minimum Gasteiger partial charge on any atom is -0.367 e. The number of anilines is 1. The molecule has 3 aromatic rings. The van der Waals surface area contributed by atoms with Crippen molar-refractivity contribution in [2.24, 2.45) is 0 Å². The number of hydrogen-bond acceptors (Lipinski definition) is 8. The minimum absolute atomic E-state index is 0.0592. The highest BCUT2D eigenvalue weighted by Gasteiger charge is 2.46. The molecule has 0 radical (unpaired) electrons. The van der Waals surface area contributed by atoms with Gasteiger partial charge in [-0.25, -0.2) is 31.3 Å². The van der Waals surface area contributed by atoms with E-state index in [-0.39, 0.29) is 15.7 Å². The van der Waals surface area contributed by atoms with Gasteiger partial charge in [-0.15, -0.1) is 10.2 Å². The van der Waals surface area contributed by atoms with Crippen molar-refractivity contribution in [1.82, 2.24) is 29.6 Å². The van der Waals surface area contributed by atoms with Crippen molar-refractivity contribution in [2.45, 2.75) is 29.7 Å². The van der Waals surface area contributed by atoms with Crippen LogP contribution in [-0.2, 0) is 10.0 Å². The molecule has 9 nitrogen and oxygen atoms in total. The second-order valence-corrected chi connectivity index (χ2v) is 10.6. The van der Waals surface area contributed by atoms with Gasteiger partial charge < -0.3 is 10.2 Å². The summed E-state index contributed by atoms with van der Waals surface area (Å²) in [6.45, 7) is 1.96. The standard InChI is InChI=1S/C18H20F3N7O2S2/c19-10-18(1-2-18)26-32(29,30)11-7-12(27-5-3-22-4-6-27)13-8-23-15(28(13)9-11)17-25-24-16(31-17)14(20)21/h7-9,14,22,26H,1-6,10H2. The third-order valence-electron chi connectivity index (χ3n) is 5.64. The second-order valence-electron chi connectivity index (χ2n) is 7.90. The van der Waals surface area contributed by atoms with Gasteiger partial charge in [0.1, 0.15) is 11.6 Å². The zero-order valence-corrected chi connectivity index (χ0v) is 18.4. The zero-order valence-electron chi connectivity index (χ0n) is 16.8. The number of hydrogen-bond donors (Lipinski definition) is 2. The molecule has 1 saturated heterocycles. The SMILES string of the molecule is O=S(=O)(NC1(CF)CC1)c1cc(N2CCNCC2)c2cnc(-c3nnc(C(F)F)s3)n2c1. The van der Waals surface area contributed by atoms with Crippen molar-refractivity contribution in [3.05, 3.63) is 23.5 Å². The van der Waals surface area contributed by atoms with Crippen molar-refractivity contribution in [3.63, 3.8) is 0 Å². The van der Waals surface area contributed by atoms with Gasteiger partial charge in [-0.05, 0) is 18.9 Å². The van der Waals surface area contributed by atoms with Crippen LogP contribution >= 0.6 is 11.3 Å². The third-order valence-corrected chi connectivity index (χ3v) is 8.11. The Hall–Kier alpha value is -2.29. The second kappa shape index (κ2) is 7.93. The van der Waals surface area contributed by atoms with Crippen molar-refractivity contribution in [3.8, 4) is 10.8 Å². The number of aromatic nitrogens is 4. The molecule has 0 spiro atoms. The van der Waals surface area contributed by atoms with E-state index >= 15 is 0 Å². The molecule has 2 fully saturated rings. The molecule has 4 heterocycles. The maximum atomic E-state index is 13.4. The van der Waals surface area contributed by atoms with E-state index in [1.54, 1.807) is 12.3 Å².